The summed E-state index contributed by atoms with van der Waals surface area (Å²) in [7, 11) is -3.31. The number of rotatable bonds is 5. The lowest BCUT2D eigenvalue weighted by Crippen LogP contribution is -2.22. The van der Waals surface area contributed by atoms with Crippen LogP contribution in [0.25, 0.3) is 0 Å². The molecule has 0 saturated heterocycles. The third kappa shape index (κ3) is 3.66. The average Bonchev–Trinajstić information content (AvgIpc) is 2.92. The molecule has 0 amide bonds. The predicted molar refractivity (Wildman–Crippen MR) is 95.7 cm³/mol. The molecule has 0 spiro atoms. The first-order chi connectivity index (χ1) is 11.8. The van der Waals surface area contributed by atoms with E-state index in [2.05, 4.69) is 0 Å². The van der Waals surface area contributed by atoms with Crippen LogP contribution < -0.4 is 0 Å². The highest BCUT2D eigenvalue weighted by Crippen LogP contribution is 2.43. The summed E-state index contributed by atoms with van der Waals surface area (Å²) >= 11 is 0. The highest BCUT2D eigenvalue weighted by Gasteiger charge is 2.40. The molecule has 0 radical (unpaired) electrons. The SMILES string of the molecule is C[C@H](C(=O)C[C@H]1Cc2ccccc2[C@@H]1S(C)(=O)=O)c1ccc(F)cc1. The summed E-state index contributed by atoms with van der Waals surface area (Å²) in [5.74, 6) is -0.989. The molecule has 3 atom stereocenters. The van der Waals surface area contributed by atoms with Crippen LogP contribution in [-0.4, -0.2) is 20.5 Å². The Morgan fingerprint density at radius 3 is 2.44 bits per heavy atom. The van der Waals surface area contributed by atoms with Gasteiger partial charge in [-0.2, -0.15) is 0 Å². The van der Waals surface area contributed by atoms with E-state index in [9.17, 15) is 17.6 Å². The first kappa shape index (κ1) is 17.8. The van der Waals surface area contributed by atoms with Crippen LogP contribution in [0.2, 0.25) is 0 Å². The fraction of sp³-hybridized carbons (Fsp3) is 0.350. The fourth-order valence-electron chi connectivity index (χ4n) is 3.77. The molecule has 0 aromatic heterocycles. The quantitative estimate of drug-likeness (QED) is 0.814. The Bertz CT molecular complexity index is 887. The molecule has 0 unspecified atom stereocenters. The predicted octanol–water partition coefficient (Wildman–Crippen LogP) is 3.85. The van der Waals surface area contributed by atoms with Crippen molar-refractivity contribution in [3.8, 4) is 0 Å². The van der Waals surface area contributed by atoms with Gasteiger partial charge in [-0.3, -0.25) is 4.79 Å². The number of sulfone groups is 1. The van der Waals surface area contributed by atoms with Crippen LogP contribution in [0.15, 0.2) is 48.5 Å². The first-order valence-corrected chi connectivity index (χ1v) is 10.3. The Hall–Kier alpha value is -2.01. The lowest BCUT2D eigenvalue weighted by Gasteiger charge is -2.20. The van der Waals surface area contributed by atoms with Gasteiger partial charge >= 0.3 is 0 Å². The minimum Gasteiger partial charge on any atom is -0.299 e. The average molecular weight is 360 g/mol. The van der Waals surface area contributed by atoms with Gasteiger partial charge in [0.05, 0.1) is 5.25 Å². The van der Waals surface area contributed by atoms with Gasteiger partial charge in [0.15, 0.2) is 9.84 Å². The van der Waals surface area contributed by atoms with Gasteiger partial charge in [-0.25, -0.2) is 12.8 Å². The summed E-state index contributed by atoms with van der Waals surface area (Å²) in [5.41, 5.74) is 2.57. The molecule has 0 aliphatic heterocycles. The molecule has 0 fully saturated rings. The van der Waals surface area contributed by atoms with E-state index in [4.69, 9.17) is 0 Å². The van der Waals surface area contributed by atoms with E-state index in [1.54, 1.807) is 19.1 Å². The zero-order valence-corrected chi connectivity index (χ0v) is 15.1. The summed E-state index contributed by atoms with van der Waals surface area (Å²) in [6, 6.07) is 13.4. The third-order valence-corrected chi connectivity index (χ3v) is 6.61. The maximum atomic E-state index is 13.1. The van der Waals surface area contributed by atoms with Crippen molar-refractivity contribution in [3.63, 3.8) is 0 Å². The number of carbonyl (C=O) groups excluding carboxylic acids is 1. The van der Waals surface area contributed by atoms with E-state index in [1.807, 2.05) is 24.3 Å². The third-order valence-electron chi connectivity index (χ3n) is 5.05. The molecule has 0 bridgehead atoms. The summed E-state index contributed by atoms with van der Waals surface area (Å²) in [6.45, 7) is 1.78. The molecule has 3 rings (SSSR count). The smallest absolute Gasteiger partial charge is 0.154 e. The molecule has 25 heavy (non-hydrogen) atoms. The molecular formula is C20H21FO3S. The summed E-state index contributed by atoms with van der Waals surface area (Å²) in [5, 5.41) is -0.631. The molecule has 0 saturated carbocycles. The van der Waals surface area contributed by atoms with Gasteiger partial charge in [-0.15, -0.1) is 0 Å². The second kappa shape index (κ2) is 6.71. The normalized spacial score (nSPS) is 20.9. The number of benzene rings is 2. The minimum atomic E-state index is -3.31. The molecule has 132 valence electrons. The van der Waals surface area contributed by atoms with Gasteiger partial charge in [-0.05, 0) is 41.2 Å². The standard InChI is InChI=1S/C20H21FO3S/c1-13(14-7-9-17(21)10-8-14)19(22)12-16-11-15-5-3-4-6-18(15)20(16)25(2,23)24/h3-10,13,16,20H,11-12H2,1-2H3/t13-,16+,20+/m0/s1. The van der Waals surface area contributed by atoms with Gasteiger partial charge in [0.25, 0.3) is 0 Å². The Morgan fingerprint density at radius 1 is 1.16 bits per heavy atom. The zero-order chi connectivity index (χ0) is 18.2. The highest BCUT2D eigenvalue weighted by molar-refractivity contribution is 7.91. The number of halogens is 1. The van der Waals surface area contributed by atoms with Crippen LogP contribution in [-0.2, 0) is 21.1 Å². The van der Waals surface area contributed by atoms with Crippen molar-refractivity contribution in [2.24, 2.45) is 5.92 Å². The second-order valence-corrected chi connectivity index (χ2v) is 9.02. The molecular weight excluding hydrogens is 339 g/mol. The van der Waals surface area contributed by atoms with Crippen LogP contribution in [0.5, 0.6) is 0 Å². The van der Waals surface area contributed by atoms with Gasteiger partial charge in [0.2, 0.25) is 0 Å². The van der Waals surface area contributed by atoms with Crippen molar-refractivity contribution in [1.29, 1.82) is 0 Å². The minimum absolute atomic E-state index is 0.0157. The Morgan fingerprint density at radius 2 is 1.80 bits per heavy atom. The molecule has 0 heterocycles. The summed E-state index contributed by atoms with van der Waals surface area (Å²) < 4.78 is 37.7. The van der Waals surface area contributed by atoms with Gasteiger partial charge in [0.1, 0.15) is 11.6 Å². The number of fused-ring (bicyclic) bond motifs is 1. The van der Waals surface area contributed by atoms with E-state index in [0.29, 0.717) is 6.42 Å². The van der Waals surface area contributed by atoms with E-state index >= 15 is 0 Å². The number of hydrogen-bond acceptors (Lipinski definition) is 3. The van der Waals surface area contributed by atoms with E-state index in [0.717, 1.165) is 16.7 Å². The monoisotopic (exact) mass is 360 g/mol. The fourth-order valence-corrected chi connectivity index (χ4v) is 5.36. The second-order valence-electron chi connectivity index (χ2n) is 6.86. The van der Waals surface area contributed by atoms with Crippen LogP contribution >= 0.6 is 0 Å². The van der Waals surface area contributed by atoms with Crippen LogP contribution in [0.4, 0.5) is 4.39 Å². The lowest BCUT2D eigenvalue weighted by atomic mass is 9.89. The van der Waals surface area contributed by atoms with Gasteiger partial charge in [0, 0.05) is 18.6 Å². The van der Waals surface area contributed by atoms with E-state index in [1.165, 1.54) is 18.4 Å². The molecule has 1 aliphatic rings. The highest BCUT2D eigenvalue weighted by atomic mass is 32.2. The zero-order valence-electron chi connectivity index (χ0n) is 14.3. The molecule has 2 aromatic carbocycles. The summed E-state index contributed by atoms with van der Waals surface area (Å²) in [4.78, 5) is 12.7. The van der Waals surface area contributed by atoms with Gasteiger partial charge in [-0.1, -0.05) is 43.3 Å². The molecule has 5 heteroatoms. The largest absolute Gasteiger partial charge is 0.299 e. The van der Waals surface area contributed by atoms with E-state index < -0.39 is 15.1 Å². The topological polar surface area (TPSA) is 51.2 Å². The first-order valence-electron chi connectivity index (χ1n) is 8.32. The maximum absolute atomic E-state index is 13.1. The lowest BCUT2D eigenvalue weighted by molar-refractivity contribution is -0.121. The van der Waals surface area contributed by atoms with Gasteiger partial charge < -0.3 is 0 Å². The summed E-state index contributed by atoms with van der Waals surface area (Å²) in [6.07, 6.45) is 2.03. The van der Waals surface area contributed by atoms with Crippen LogP contribution in [0, 0.1) is 11.7 Å². The number of Topliss-reactive ketones (excluding diaryl/α,β-unsaturated/α-hetero) is 1. The number of carbonyl (C=O) groups is 1. The Balaban J connectivity index is 1.82. The van der Waals surface area contributed by atoms with Crippen LogP contribution in [0.1, 0.15) is 41.2 Å². The van der Waals surface area contributed by atoms with Crippen molar-refractivity contribution < 1.29 is 17.6 Å². The maximum Gasteiger partial charge on any atom is 0.154 e. The van der Waals surface area contributed by atoms with Crippen molar-refractivity contribution in [2.45, 2.75) is 30.9 Å². The molecule has 0 N–H and O–H groups in total. The Kier molecular flexibility index (Phi) is 4.78. The van der Waals surface area contributed by atoms with Crippen molar-refractivity contribution in [1.82, 2.24) is 0 Å². The number of hydrogen-bond donors (Lipinski definition) is 0. The number of ketones is 1. The Labute approximate surface area is 147 Å². The molecule has 1 aliphatic carbocycles. The molecule has 3 nitrogen and oxygen atoms in total. The van der Waals surface area contributed by atoms with Crippen LogP contribution in [0.3, 0.4) is 0 Å². The van der Waals surface area contributed by atoms with E-state index in [-0.39, 0.29) is 29.9 Å². The molecule has 2 aromatic rings. The van der Waals surface area contributed by atoms with Crippen molar-refractivity contribution in [2.75, 3.05) is 6.26 Å². The van der Waals surface area contributed by atoms with Crippen molar-refractivity contribution >= 4 is 15.6 Å². The van der Waals surface area contributed by atoms with Crippen molar-refractivity contribution in [3.05, 3.63) is 71.0 Å².